The van der Waals surface area contributed by atoms with E-state index in [9.17, 15) is 4.79 Å². The maximum atomic E-state index is 12.6. The number of anilines is 1. The molecule has 9 heteroatoms. The molecule has 0 saturated carbocycles. The Kier molecular flexibility index (Phi) is 5.61. The first-order chi connectivity index (χ1) is 12.8. The van der Waals surface area contributed by atoms with E-state index < -0.39 is 0 Å². The minimum absolute atomic E-state index is 0.160. The largest absolute Gasteiger partial charge is 0.371 e. The molecule has 27 heavy (non-hydrogen) atoms. The Morgan fingerprint density at radius 1 is 1.22 bits per heavy atom. The summed E-state index contributed by atoms with van der Waals surface area (Å²) in [6, 6.07) is 0.873. The predicted octanol–water partition coefficient (Wildman–Crippen LogP) is 2.47. The van der Waals surface area contributed by atoms with Gasteiger partial charge in [-0.3, -0.25) is 9.69 Å². The van der Waals surface area contributed by atoms with E-state index in [-0.39, 0.29) is 5.91 Å². The lowest BCUT2D eigenvalue weighted by Gasteiger charge is -2.30. The average molecular weight is 390 g/mol. The number of nitrogens with one attached hydrogen (secondary N) is 2. The molecule has 0 aromatic carbocycles. The number of thiazole rings is 1. The van der Waals surface area contributed by atoms with Crippen molar-refractivity contribution in [3.05, 3.63) is 11.3 Å². The number of fused-ring (bicyclic) bond motifs is 3. The molecule has 3 aromatic rings. The van der Waals surface area contributed by atoms with Gasteiger partial charge in [0.2, 0.25) is 0 Å². The summed E-state index contributed by atoms with van der Waals surface area (Å²) >= 11 is 1.30. The van der Waals surface area contributed by atoms with E-state index in [2.05, 4.69) is 58.2 Å². The number of amides is 1. The molecule has 0 fully saturated rings. The van der Waals surface area contributed by atoms with E-state index in [0.29, 0.717) is 35.0 Å². The number of imidazole rings is 1. The lowest BCUT2D eigenvalue weighted by molar-refractivity contribution is 0.0939. The average Bonchev–Trinajstić information content (AvgIpc) is 3.20. The van der Waals surface area contributed by atoms with E-state index in [0.717, 1.165) is 22.4 Å². The number of rotatable bonds is 7. The predicted molar refractivity (Wildman–Crippen MR) is 111 cm³/mol. The van der Waals surface area contributed by atoms with Crippen molar-refractivity contribution in [2.75, 3.05) is 25.5 Å². The van der Waals surface area contributed by atoms with Gasteiger partial charge in [0.1, 0.15) is 21.4 Å². The highest BCUT2D eigenvalue weighted by Gasteiger charge is 2.20. The second-order valence-corrected chi connectivity index (χ2v) is 8.09. The van der Waals surface area contributed by atoms with Crippen molar-refractivity contribution < 1.29 is 4.79 Å². The Labute approximate surface area is 163 Å². The molecule has 3 rings (SSSR count). The zero-order valence-corrected chi connectivity index (χ0v) is 17.5. The maximum Gasteiger partial charge on any atom is 0.280 e. The zero-order valence-electron chi connectivity index (χ0n) is 16.7. The fourth-order valence-electron chi connectivity index (χ4n) is 3.34. The lowest BCUT2D eigenvalue weighted by Crippen LogP contribution is -2.42. The summed E-state index contributed by atoms with van der Waals surface area (Å²) in [6.45, 7) is 10.1. The Morgan fingerprint density at radius 2 is 1.93 bits per heavy atom. The third kappa shape index (κ3) is 3.74. The van der Waals surface area contributed by atoms with Crippen LogP contribution in [0.25, 0.3) is 21.4 Å². The molecule has 146 valence electrons. The monoisotopic (exact) mass is 389 g/mol. The quantitative estimate of drug-likeness (QED) is 0.645. The molecule has 0 aliphatic rings. The van der Waals surface area contributed by atoms with Crippen LogP contribution in [0.2, 0.25) is 0 Å². The van der Waals surface area contributed by atoms with Crippen LogP contribution in [0, 0.1) is 0 Å². The molecule has 1 amide bonds. The van der Waals surface area contributed by atoms with Crippen LogP contribution in [-0.4, -0.2) is 62.5 Å². The molecule has 0 aliphatic heterocycles. The number of aryl methyl sites for hydroxylation is 1. The summed E-state index contributed by atoms with van der Waals surface area (Å²) < 4.78 is 1.91. The molecule has 0 unspecified atom stereocenters. The lowest BCUT2D eigenvalue weighted by atomic mass is 10.2. The number of nitrogens with zero attached hydrogens (tertiary/aromatic N) is 5. The van der Waals surface area contributed by atoms with Crippen LogP contribution in [0.15, 0.2) is 6.33 Å². The molecular weight excluding hydrogens is 362 g/mol. The van der Waals surface area contributed by atoms with Crippen LogP contribution in [0.4, 0.5) is 5.82 Å². The van der Waals surface area contributed by atoms with E-state index >= 15 is 0 Å². The minimum Gasteiger partial charge on any atom is -0.371 e. The highest BCUT2D eigenvalue weighted by atomic mass is 32.1. The first-order valence-electron chi connectivity index (χ1n) is 9.16. The van der Waals surface area contributed by atoms with E-state index in [1.54, 1.807) is 6.33 Å². The topological polar surface area (TPSA) is 88.0 Å². The highest BCUT2D eigenvalue weighted by molar-refractivity contribution is 7.20. The standard InChI is InChI=1S/C18H27N7OS/c1-10(2)25(11(3)4)8-7-20-16(26)18-22-13-14-12(21-9-24(14)6)15(19-5)23-17(13)27-18/h9-11H,7-8H2,1-6H3,(H,19,23)(H,20,26). The van der Waals surface area contributed by atoms with Crippen molar-refractivity contribution in [3.8, 4) is 0 Å². The number of hydrogen-bond acceptors (Lipinski definition) is 7. The van der Waals surface area contributed by atoms with Gasteiger partial charge in [-0.1, -0.05) is 11.3 Å². The van der Waals surface area contributed by atoms with Gasteiger partial charge in [-0.05, 0) is 27.7 Å². The van der Waals surface area contributed by atoms with Crippen LogP contribution in [0.1, 0.15) is 37.5 Å². The summed E-state index contributed by atoms with van der Waals surface area (Å²) in [7, 11) is 3.73. The molecule has 3 aromatic heterocycles. The molecule has 0 bridgehead atoms. The van der Waals surface area contributed by atoms with E-state index in [1.165, 1.54) is 11.3 Å². The summed E-state index contributed by atoms with van der Waals surface area (Å²) in [6.07, 6.45) is 1.73. The first-order valence-corrected chi connectivity index (χ1v) is 9.98. The fourth-order valence-corrected chi connectivity index (χ4v) is 4.20. The van der Waals surface area contributed by atoms with E-state index in [1.807, 2.05) is 18.7 Å². The second-order valence-electron chi connectivity index (χ2n) is 7.12. The summed E-state index contributed by atoms with van der Waals surface area (Å²) in [5.74, 6) is 0.532. The van der Waals surface area contributed by atoms with Crippen molar-refractivity contribution >= 4 is 44.4 Å². The van der Waals surface area contributed by atoms with Gasteiger partial charge in [-0.25, -0.2) is 15.0 Å². The van der Waals surface area contributed by atoms with Gasteiger partial charge in [0.15, 0.2) is 10.8 Å². The molecule has 0 aliphatic carbocycles. The molecule has 0 atom stereocenters. The molecule has 0 radical (unpaired) electrons. The van der Waals surface area contributed by atoms with Crippen molar-refractivity contribution in [1.29, 1.82) is 0 Å². The van der Waals surface area contributed by atoms with Crippen molar-refractivity contribution in [2.45, 2.75) is 39.8 Å². The Balaban J connectivity index is 1.82. The normalized spacial score (nSPS) is 12.0. The molecule has 3 heterocycles. The minimum atomic E-state index is -0.160. The molecule has 0 saturated heterocycles. The van der Waals surface area contributed by atoms with Crippen LogP contribution in [-0.2, 0) is 7.05 Å². The summed E-state index contributed by atoms with van der Waals surface area (Å²) in [4.78, 5) is 29.2. The summed E-state index contributed by atoms with van der Waals surface area (Å²) in [5.41, 5.74) is 2.35. The van der Waals surface area contributed by atoms with Gasteiger partial charge < -0.3 is 15.2 Å². The van der Waals surface area contributed by atoms with Crippen molar-refractivity contribution in [3.63, 3.8) is 0 Å². The van der Waals surface area contributed by atoms with E-state index in [4.69, 9.17) is 0 Å². The smallest absolute Gasteiger partial charge is 0.280 e. The van der Waals surface area contributed by atoms with Crippen molar-refractivity contribution in [2.24, 2.45) is 7.05 Å². The molecular formula is C18H27N7OS. The zero-order chi connectivity index (χ0) is 19.7. The van der Waals surface area contributed by atoms with Gasteiger partial charge in [-0.15, -0.1) is 0 Å². The van der Waals surface area contributed by atoms with Crippen LogP contribution in [0.5, 0.6) is 0 Å². The third-order valence-corrected chi connectivity index (χ3v) is 5.57. The number of carbonyl (C=O) groups is 1. The Hall–Kier alpha value is -2.26. The number of pyridine rings is 1. The molecule has 2 N–H and O–H groups in total. The summed E-state index contributed by atoms with van der Waals surface area (Å²) in [5, 5.41) is 6.48. The van der Waals surface area contributed by atoms with Gasteiger partial charge >= 0.3 is 0 Å². The number of carbonyl (C=O) groups excluding carboxylic acids is 1. The SMILES string of the molecule is CNc1nc2sc(C(=O)NCCN(C(C)C)C(C)C)nc2c2c1ncn2C. The van der Waals surface area contributed by atoms with Crippen LogP contribution < -0.4 is 10.6 Å². The van der Waals surface area contributed by atoms with Gasteiger partial charge in [0, 0.05) is 39.3 Å². The van der Waals surface area contributed by atoms with Crippen LogP contribution in [0.3, 0.4) is 0 Å². The first kappa shape index (κ1) is 19.5. The fraction of sp³-hybridized carbons (Fsp3) is 0.556. The molecule has 8 nitrogen and oxygen atoms in total. The number of hydrogen-bond donors (Lipinski definition) is 2. The van der Waals surface area contributed by atoms with Gasteiger partial charge in [-0.2, -0.15) is 0 Å². The molecule has 0 spiro atoms. The third-order valence-electron chi connectivity index (χ3n) is 4.62. The second kappa shape index (κ2) is 7.77. The van der Waals surface area contributed by atoms with Crippen LogP contribution >= 0.6 is 11.3 Å². The Morgan fingerprint density at radius 3 is 2.56 bits per heavy atom. The highest BCUT2D eigenvalue weighted by Crippen LogP contribution is 2.30. The van der Waals surface area contributed by atoms with Gasteiger partial charge in [0.05, 0.1) is 6.33 Å². The van der Waals surface area contributed by atoms with Gasteiger partial charge in [0.25, 0.3) is 5.91 Å². The number of aromatic nitrogens is 4. The van der Waals surface area contributed by atoms with Crippen molar-refractivity contribution in [1.82, 2.24) is 29.7 Å². The maximum absolute atomic E-state index is 12.6. The Bertz CT molecular complexity index is 952.